The molecule has 3 nitrogen and oxygen atoms in total. The van der Waals surface area contributed by atoms with Gasteiger partial charge in [0, 0.05) is 24.9 Å². The van der Waals surface area contributed by atoms with Crippen molar-refractivity contribution in [3.8, 4) is 0 Å². The molecule has 2 aromatic rings. The molecule has 0 spiro atoms. The van der Waals surface area contributed by atoms with Crippen molar-refractivity contribution in [1.29, 1.82) is 0 Å². The normalized spacial score (nSPS) is 12.9. The standard InChI is InChI=1S/C13H15NO2S/c1-8-5-10-11(6-9(8)2)14(3)7-12(13(10)15)17(4)16/h5-7H,1-4H3. The Kier molecular flexibility index (Phi) is 2.91. The summed E-state index contributed by atoms with van der Waals surface area (Å²) in [6.07, 6.45) is 3.19. The molecular weight excluding hydrogens is 234 g/mol. The van der Waals surface area contributed by atoms with E-state index in [1.54, 1.807) is 6.20 Å². The zero-order valence-electron chi connectivity index (χ0n) is 10.4. The van der Waals surface area contributed by atoms with Crippen LogP contribution in [-0.2, 0) is 17.8 Å². The average Bonchev–Trinajstić information content (AvgIpc) is 2.25. The Morgan fingerprint density at radius 2 is 1.76 bits per heavy atom. The minimum absolute atomic E-state index is 0.123. The Morgan fingerprint density at radius 1 is 1.18 bits per heavy atom. The van der Waals surface area contributed by atoms with E-state index in [4.69, 9.17) is 0 Å². The fourth-order valence-corrected chi connectivity index (χ4v) is 2.59. The second kappa shape index (κ2) is 4.11. The molecule has 0 aliphatic rings. The molecule has 17 heavy (non-hydrogen) atoms. The number of pyridine rings is 1. The maximum atomic E-state index is 12.2. The van der Waals surface area contributed by atoms with Crippen LogP contribution in [0.5, 0.6) is 0 Å². The van der Waals surface area contributed by atoms with E-state index in [0.717, 1.165) is 16.6 Å². The van der Waals surface area contributed by atoms with Gasteiger partial charge >= 0.3 is 0 Å². The highest BCUT2D eigenvalue weighted by molar-refractivity contribution is 7.84. The van der Waals surface area contributed by atoms with E-state index in [1.165, 1.54) is 6.26 Å². The van der Waals surface area contributed by atoms with Gasteiger partial charge < -0.3 is 4.57 Å². The maximum absolute atomic E-state index is 12.2. The summed E-state index contributed by atoms with van der Waals surface area (Å²) in [5, 5.41) is 0.642. The quantitative estimate of drug-likeness (QED) is 0.774. The molecule has 4 heteroatoms. The molecule has 1 unspecified atom stereocenters. The average molecular weight is 249 g/mol. The van der Waals surface area contributed by atoms with Crippen molar-refractivity contribution >= 4 is 21.7 Å². The summed E-state index contributed by atoms with van der Waals surface area (Å²) in [5.41, 5.74) is 2.99. The molecule has 0 bridgehead atoms. The van der Waals surface area contributed by atoms with Crippen molar-refractivity contribution in [1.82, 2.24) is 4.57 Å². The van der Waals surface area contributed by atoms with E-state index in [0.29, 0.717) is 10.3 Å². The maximum Gasteiger partial charge on any atom is 0.205 e. The molecule has 0 fully saturated rings. The molecule has 0 aliphatic carbocycles. The van der Waals surface area contributed by atoms with Crippen LogP contribution in [0, 0.1) is 13.8 Å². The van der Waals surface area contributed by atoms with Crippen molar-refractivity contribution in [2.24, 2.45) is 7.05 Å². The third kappa shape index (κ3) is 1.93. The lowest BCUT2D eigenvalue weighted by molar-refractivity contribution is 0.685. The lowest BCUT2D eigenvalue weighted by Gasteiger charge is -2.10. The molecular formula is C13H15NO2S. The van der Waals surface area contributed by atoms with Gasteiger partial charge in [0.05, 0.1) is 16.3 Å². The van der Waals surface area contributed by atoms with Gasteiger partial charge in [-0.1, -0.05) is 0 Å². The monoisotopic (exact) mass is 249 g/mol. The Labute approximate surface area is 103 Å². The Hall–Kier alpha value is -1.42. The van der Waals surface area contributed by atoms with Crippen molar-refractivity contribution in [2.45, 2.75) is 18.7 Å². The Balaban J connectivity index is 2.99. The van der Waals surface area contributed by atoms with Gasteiger partial charge in [-0.15, -0.1) is 0 Å². The zero-order chi connectivity index (χ0) is 12.7. The summed E-state index contributed by atoms with van der Waals surface area (Å²) in [4.78, 5) is 12.5. The number of aromatic nitrogens is 1. The van der Waals surface area contributed by atoms with Crippen LogP contribution in [-0.4, -0.2) is 15.0 Å². The first-order valence-electron chi connectivity index (χ1n) is 5.36. The number of rotatable bonds is 1. The van der Waals surface area contributed by atoms with Gasteiger partial charge in [0.2, 0.25) is 5.43 Å². The first kappa shape index (κ1) is 12.0. The number of hydrogen-bond donors (Lipinski definition) is 0. The molecule has 1 aromatic heterocycles. The van der Waals surface area contributed by atoms with E-state index in [1.807, 2.05) is 37.6 Å². The molecule has 0 saturated carbocycles. The number of nitrogens with zero attached hydrogens (tertiary/aromatic N) is 1. The third-order valence-corrected chi connectivity index (χ3v) is 3.99. The highest BCUT2D eigenvalue weighted by Crippen LogP contribution is 2.17. The van der Waals surface area contributed by atoms with E-state index < -0.39 is 10.8 Å². The second-order valence-corrected chi connectivity index (χ2v) is 5.69. The summed E-state index contributed by atoms with van der Waals surface area (Å²) < 4.78 is 13.4. The van der Waals surface area contributed by atoms with E-state index in [2.05, 4.69) is 0 Å². The summed E-state index contributed by atoms with van der Waals surface area (Å²) in [6, 6.07) is 3.87. The number of benzene rings is 1. The van der Waals surface area contributed by atoms with Crippen LogP contribution in [0.1, 0.15) is 11.1 Å². The van der Waals surface area contributed by atoms with Gasteiger partial charge in [-0.3, -0.25) is 9.00 Å². The molecule has 0 N–H and O–H groups in total. The van der Waals surface area contributed by atoms with Gasteiger partial charge in [-0.05, 0) is 37.1 Å². The molecule has 1 aromatic carbocycles. The molecule has 90 valence electrons. The van der Waals surface area contributed by atoms with Crippen molar-refractivity contribution in [3.63, 3.8) is 0 Å². The molecule has 2 rings (SSSR count). The molecule has 1 heterocycles. The van der Waals surface area contributed by atoms with Crippen LogP contribution in [0.4, 0.5) is 0 Å². The zero-order valence-corrected chi connectivity index (χ0v) is 11.2. The van der Waals surface area contributed by atoms with E-state index in [9.17, 15) is 9.00 Å². The number of aryl methyl sites for hydroxylation is 3. The SMILES string of the molecule is Cc1cc2c(=O)c(S(C)=O)cn(C)c2cc1C. The van der Waals surface area contributed by atoms with E-state index >= 15 is 0 Å². The second-order valence-electron chi connectivity index (χ2n) is 4.34. The summed E-state index contributed by atoms with van der Waals surface area (Å²) >= 11 is 0. The van der Waals surface area contributed by atoms with Crippen LogP contribution in [0.3, 0.4) is 0 Å². The van der Waals surface area contributed by atoms with E-state index in [-0.39, 0.29) is 5.43 Å². The lowest BCUT2D eigenvalue weighted by atomic mass is 10.1. The number of hydrogen-bond acceptors (Lipinski definition) is 2. The van der Waals surface area contributed by atoms with Crippen LogP contribution < -0.4 is 5.43 Å². The molecule has 0 saturated heterocycles. The Bertz CT molecular complexity index is 686. The minimum atomic E-state index is -1.25. The van der Waals surface area contributed by atoms with Crippen LogP contribution >= 0.6 is 0 Å². The van der Waals surface area contributed by atoms with Gasteiger partial charge in [-0.2, -0.15) is 0 Å². The van der Waals surface area contributed by atoms with Crippen LogP contribution in [0.25, 0.3) is 10.9 Å². The van der Waals surface area contributed by atoms with Crippen LogP contribution in [0.2, 0.25) is 0 Å². The predicted octanol–water partition coefficient (Wildman–Crippen LogP) is 1.89. The first-order chi connectivity index (χ1) is 7.91. The third-order valence-electron chi connectivity index (χ3n) is 3.08. The summed E-state index contributed by atoms with van der Waals surface area (Å²) in [6.45, 7) is 3.99. The predicted molar refractivity (Wildman–Crippen MR) is 71.0 cm³/mol. The highest BCUT2D eigenvalue weighted by Gasteiger charge is 2.11. The largest absolute Gasteiger partial charge is 0.349 e. The smallest absolute Gasteiger partial charge is 0.205 e. The van der Waals surface area contributed by atoms with Gasteiger partial charge in [0.25, 0.3) is 0 Å². The van der Waals surface area contributed by atoms with Crippen molar-refractivity contribution in [3.05, 3.63) is 39.7 Å². The molecule has 1 atom stereocenters. The highest BCUT2D eigenvalue weighted by atomic mass is 32.2. The van der Waals surface area contributed by atoms with Crippen LogP contribution in [0.15, 0.2) is 28.0 Å². The molecule has 0 radical (unpaired) electrons. The fraction of sp³-hybridized carbons (Fsp3) is 0.308. The van der Waals surface area contributed by atoms with Gasteiger partial charge in [0.15, 0.2) is 0 Å². The fourth-order valence-electron chi connectivity index (χ4n) is 1.92. The number of fused-ring (bicyclic) bond motifs is 1. The lowest BCUT2D eigenvalue weighted by Crippen LogP contribution is -2.14. The topological polar surface area (TPSA) is 39.1 Å². The van der Waals surface area contributed by atoms with Gasteiger partial charge in [0.1, 0.15) is 4.90 Å². The Morgan fingerprint density at radius 3 is 2.35 bits per heavy atom. The summed E-state index contributed by atoms with van der Waals surface area (Å²) in [5.74, 6) is 0. The molecule has 0 amide bonds. The van der Waals surface area contributed by atoms with Crippen molar-refractivity contribution in [2.75, 3.05) is 6.26 Å². The van der Waals surface area contributed by atoms with Gasteiger partial charge in [-0.25, -0.2) is 0 Å². The molecule has 0 aliphatic heterocycles. The summed E-state index contributed by atoms with van der Waals surface area (Å²) in [7, 11) is 0.616. The van der Waals surface area contributed by atoms with Crippen molar-refractivity contribution < 1.29 is 4.21 Å². The minimum Gasteiger partial charge on any atom is -0.349 e. The first-order valence-corrected chi connectivity index (χ1v) is 6.91.